The number of phenols is 2. The molecule has 39 nitrogen and oxygen atoms in total. The second-order valence-electron chi connectivity index (χ2n) is 32.4. The van der Waals surface area contributed by atoms with Gasteiger partial charge in [0.25, 0.3) is 0 Å². The molecule has 6 heterocycles. The number of hydrogen-bond donors (Lipinski definition) is 16. The fraction of sp³-hybridized carbons (Fsp3) is 0.625. The van der Waals surface area contributed by atoms with Crippen LogP contribution in [0.3, 0.4) is 0 Å². The van der Waals surface area contributed by atoms with E-state index in [2.05, 4.69) is 47.9 Å². The van der Waals surface area contributed by atoms with Crippen LogP contribution in [0.2, 0.25) is 0 Å². The topological polar surface area (TPSA) is 591 Å². The Bertz CT molecular complexity index is 4050. The Labute approximate surface area is 688 Å². The zero-order valence-corrected chi connectivity index (χ0v) is 67.7. The molecule has 0 aromatic heterocycles. The van der Waals surface area contributed by atoms with Crippen LogP contribution in [-0.2, 0) is 99.1 Å². The second-order valence-corrected chi connectivity index (χ2v) is 32.4. The van der Waals surface area contributed by atoms with Crippen molar-refractivity contribution in [2.24, 2.45) is 29.0 Å². The molecule has 2 aromatic carbocycles. The van der Waals surface area contributed by atoms with Crippen molar-refractivity contribution < 1.29 is 107 Å². The first-order chi connectivity index (χ1) is 56.5. The third-order valence-corrected chi connectivity index (χ3v) is 22.4. The maximum atomic E-state index is 15.2. The number of phenolic OH excluding ortho intramolecular Hbond substituents is 2. The predicted octanol–water partition coefficient (Wildman–Crippen LogP) is -2.69. The molecular formula is C80H115N17O22. The van der Waals surface area contributed by atoms with Crippen LogP contribution >= 0.6 is 0 Å². The van der Waals surface area contributed by atoms with E-state index in [1.165, 1.54) is 68.1 Å². The zero-order valence-electron chi connectivity index (χ0n) is 67.7. The number of carboxylic acid groups (broad SMARTS) is 2. The normalized spacial score (nSPS) is 21.0. The largest absolute Gasteiger partial charge is 0.508 e. The molecular weight excluding hydrogens is 1550 g/mol. The van der Waals surface area contributed by atoms with E-state index in [0.717, 1.165) is 4.90 Å². The van der Waals surface area contributed by atoms with Crippen LogP contribution in [0.15, 0.2) is 48.5 Å². The van der Waals surface area contributed by atoms with E-state index in [-0.39, 0.29) is 152 Å². The number of rotatable bonds is 42. The van der Waals surface area contributed by atoms with Crippen LogP contribution in [0.25, 0.3) is 0 Å². The van der Waals surface area contributed by atoms with Crippen molar-refractivity contribution in [1.29, 1.82) is 0 Å². The highest BCUT2D eigenvalue weighted by Gasteiger charge is 2.47. The summed E-state index contributed by atoms with van der Waals surface area (Å²) in [7, 11) is 0. The lowest BCUT2D eigenvalue weighted by atomic mass is 10.0. The minimum Gasteiger partial charge on any atom is -0.508 e. The molecule has 0 unspecified atom stereocenters. The van der Waals surface area contributed by atoms with Gasteiger partial charge in [0.05, 0.1) is 6.04 Å². The fourth-order valence-corrected chi connectivity index (χ4v) is 16.3. The summed E-state index contributed by atoms with van der Waals surface area (Å²) in [5.74, 6) is -16.1. The quantitative estimate of drug-likeness (QED) is 0.0322. The van der Waals surface area contributed by atoms with Crippen molar-refractivity contribution in [3.8, 4) is 11.5 Å². The van der Waals surface area contributed by atoms with Gasteiger partial charge in [0.15, 0.2) is 0 Å². The SMILES string of the molecule is CC(C)C[C@H](NC(=O)[C@H](CCC(N)=O)NC(=O)[C@@H]1CCCN1C(=O)[C@H](CCC(N)=O)NC(=O)[C@@H]1CCCN1C(=O)[C@H](Cc1ccc(O)cc1)NC(=O)[C@@H]1CCCN1C(=O)[C@H](CC(C)C)NC(=O)[C@H](CCC(=O)O)NC(=O)[C@@H]1CCCN1C(=O)[C@H](CCC(N)=O)NC(=O)[C@@H]1CCCN1)C(=O)N1CCC[C@H]1C(=O)N[C@@H](Cc1ccc(O)cc1)C(=O)O. The number of aliphatic carboxylic acids is 2. The molecule has 16 amide bonds. The average Bonchev–Trinajstić information content (AvgIpc) is 1.69. The number of amides is 16. The number of hydrogen-bond acceptors (Lipinski definition) is 21. The lowest BCUT2D eigenvalue weighted by Crippen LogP contribution is -2.61. The van der Waals surface area contributed by atoms with E-state index in [1.807, 2.05) is 0 Å². The Morgan fingerprint density at radius 1 is 0.361 bits per heavy atom. The van der Waals surface area contributed by atoms with E-state index in [1.54, 1.807) is 27.7 Å². The summed E-state index contributed by atoms with van der Waals surface area (Å²) in [6, 6.07) is -6.97. The van der Waals surface area contributed by atoms with Crippen LogP contribution in [0.4, 0.5) is 0 Å². The van der Waals surface area contributed by atoms with Gasteiger partial charge in [-0.2, -0.15) is 0 Å². The van der Waals surface area contributed by atoms with Crippen LogP contribution in [0.5, 0.6) is 11.5 Å². The first-order valence-corrected chi connectivity index (χ1v) is 41.0. The number of carbonyl (C=O) groups is 18. The number of likely N-dealkylation sites (tertiary alicyclic amines) is 5. The van der Waals surface area contributed by atoms with Gasteiger partial charge in [0, 0.05) is 71.2 Å². The monoisotopic (exact) mass is 1670 g/mol. The molecule has 19 N–H and O–H groups in total. The van der Waals surface area contributed by atoms with E-state index in [9.17, 15) is 102 Å². The van der Waals surface area contributed by atoms with Crippen molar-refractivity contribution >= 4 is 106 Å². The van der Waals surface area contributed by atoms with Crippen molar-refractivity contribution in [1.82, 2.24) is 72.4 Å². The smallest absolute Gasteiger partial charge is 0.326 e. The lowest BCUT2D eigenvalue weighted by Gasteiger charge is -2.33. The number of nitrogens with two attached hydrogens (primary N) is 3. The molecule has 0 bridgehead atoms. The average molecular weight is 1670 g/mol. The molecule has 0 aliphatic carbocycles. The van der Waals surface area contributed by atoms with Crippen molar-refractivity contribution in [2.75, 3.05) is 39.3 Å². The van der Waals surface area contributed by atoms with Crippen LogP contribution in [0.1, 0.15) is 180 Å². The lowest BCUT2D eigenvalue weighted by molar-refractivity contribution is -0.146. The Kier molecular flexibility index (Phi) is 34.2. The second kappa shape index (κ2) is 43.8. The molecule has 6 aliphatic rings. The van der Waals surface area contributed by atoms with Gasteiger partial charge in [-0.25, -0.2) is 4.79 Å². The Hall–Kier alpha value is -11.5. The molecule has 119 heavy (non-hydrogen) atoms. The number of carbonyl (C=O) groups excluding carboxylic acids is 16. The molecule has 0 radical (unpaired) electrons. The van der Waals surface area contributed by atoms with Crippen molar-refractivity contribution in [3.05, 3.63) is 59.7 Å². The summed E-state index contributed by atoms with van der Waals surface area (Å²) in [6.07, 6.45) is -0.614. The molecule has 6 saturated heterocycles. The molecule has 0 saturated carbocycles. The standard InChI is InChI=1S/C80H115N17O22/c1-43(2)39-54(78(116)96-37-10-16-62(96)74(112)92-57(80(118)119)42-46-19-23-48(99)24-20-46)89-68(106)50(25-29-63(81)100)85-70(108)58-12-7-35-94(58)76(114)53(27-31-65(83)102)88-72(110)60-14-8-38-97(60)79(117)56(41-45-17-21-47(98)22-18-45)91-73(111)61-15-9-36-95(61)77(115)55(40-44(3)4)90-69(107)51(28-32-66(103)104)86-71(109)59-13-6-34-93(59)75(113)52(26-30-64(82)101)87-67(105)49-11-5-33-84-49/h17-24,43-44,49-62,84,98-99H,5-16,25-42H2,1-4H3,(H2,81,100)(H2,82,101)(H2,83,102)(H,85,108)(H,86,109)(H,87,105)(H,88,110)(H,89,106)(H,90,107)(H,91,111)(H,92,112)(H,103,104)(H,118,119)/t49-,50-,51-,52-,53-,54-,55-,56-,57-,58-,59-,60-,61-,62-/m0/s1. The predicted molar refractivity (Wildman–Crippen MR) is 422 cm³/mol. The highest BCUT2D eigenvalue weighted by molar-refractivity contribution is 6.01. The Morgan fingerprint density at radius 2 is 0.647 bits per heavy atom. The molecule has 39 heteroatoms. The summed E-state index contributed by atoms with van der Waals surface area (Å²) >= 11 is 0. The van der Waals surface area contributed by atoms with Gasteiger partial charge < -0.3 is 110 Å². The molecule has 6 fully saturated rings. The Balaban J connectivity index is 0.944. The molecule has 8 rings (SSSR count). The van der Waals surface area contributed by atoms with E-state index >= 15 is 4.79 Å². The van der Waals surface area contributed by atoms with Crippen LogP contribution in [0, 0.1) is 11.8 Å². The van der Waals surface area contributed by atoms with E-state index in [4.69, 9.17) is 17.2 Å². The van der Waals surface area contributed by atoms with Crippen molar-refractivity contribution in [3.63, 3.8) is 0 Å². The number of nitrogens with zero attached hydrogens (tertiary/aromatic N) is 5. The minimum atomic E-state index is -1.59. The van der Waals surface area contributed by atoms with Gasteiger partial charge in [-0.15, -0.1) is 0 Å². The summed E-state index contributed by atoms with van der Waals surface area (Å²) in [5.41, 5.74) is 17.5. The number of carboxylic acids is 2. The summed E-state index contributed by atoms with van der Waals surface area (Å²) in [5, 5.41) is 64.2. The van der Waals surface area contributed by atoms with E-state index < -0.39 is 223 Å². The third kappa shape index (κ3) is 26.5. The summed E-state index contributed by atoms with van der Waals surface area (Å²) < 4.78 is 0. The molecule has 0 spiro atoms. The fourth-order valence-electron chi connectivity index (χ4n) is 16.3. The number of nitrogens with one attached hydrogen (secondary N) is 9. The highest BCUT2D eigenvalue weighted by Crippen LogP contribution is 2.29. The summed E-state index contributed by atoms with van der Waals surface area (Å²) in [6.45, 7) is 7.63. The maximum absolute atomic E-state index is 15.2. The van der Waals surface area contributed by atoms with Crippen LogP contribution < -0.4 is 65.1 Å². The van der Waals surface area contributed by atoms with Gasteiger partial charge in [-0.1, -0.05) is 52.0 Å². The van der Waals surface area contributed by atoms with Gasteiger partial charge in [0.1, 0.15) is 90.0 Å². The highest BCUT2D eigenvalue weighted by atomic mass is 16.4. The first-order valence-electron chi connectivity index (χ1n) is 41.0. The van der Waals surface area contributed by atoms with Crippen LogP contribution in [-0.4, -0.2) is 275 Å². The van der Waals surface area contributed by atoms with Gasteiger partial charge in [-0.05, 0) is 169 Å². The van der Waals surface area contributed by atoms with E-state index in [0.29, 0.717) is 43.4 Å². The summed E-state index contributed by atoms with van der Waals surface area (Å²) in [4.78, 5) is 256. The zero-order chi connectivity index (χ0) is 87.1. The van der Waals surface area contributed by atoms with Gasteiger partial charge >= 0.3 is 11.9 Å². The molecule has 652 valence electrons. The number of primary amides is 3. The Morgan fingerprint density at radius 3 is 0.958 bits per heavy atom. The number of benzene rings is 2. The maximum Gasteiger partial charge on any atom is 0.326 e. The minimum absolute atomic E-state index is 0.0109. The third-order valence-electron chi connectivity index (χ3n) is 22.4. The first kappa shape index (κ1) is 93.0. The van der Waals surface area contributed by atoms with Gasteiger partial charge in [0.2, 0.25) is 94.5 Å². The van der Waals surface area contributed by atoms with Gasteiger partial charge in [-0.3, -0.25) is 81.5 Å². The number of aromatic hydroxyl groups is 2. The molecule has 6 aliphatic heterocycles. The molecule has 14 atom stereocenters. The molecule has 2 aromatic rings. The van der Waals surface area contributed by atoms with Crippen molar-refractivity contribution in [2.45, 2.75) is 266 Å².